The second-order valence-corrected chi connectivity index (χ2v) is 4.92. The molecule has 1 aromatic heterocycles. The number of rotatable bonds is 4. The molecule has 1 aliphatic rings. The Hall–Kier alpha value is -2.30. The summed E-state index contributed by atoms with van der Waals surface area (Å²) < 4.78 is 10.3. The summed E-state index contributed by atoms with van der Waals surface area (Å²) in [6.45, 7) is 0. The van der Waals surface area contributed by atoms with Gasteiger partial charge in [-0.1, -0.05) is 12.1 Å². The molecule has 0 spiro atoms. The van der Waals surface area contributed by atoms with E-state index in [4.69, 9.17) is 15.2 Å². The summed E-state index contributed by atoms with van der Waals surface area (Å²) in [5, 5.41) is 0. The van der Waals surface area contributed by atoms with Crippen molar-refractivity contribution in [2.45, 2.75) is 18.3 Å². The van der Waals surface area contributed by atoms with Crippen LogP contribution in [0.4, 0.5) is 5.95 Å². The normalized spacial score (nSPS) is 20.5. The van der Waals surface area contributed by atoms with E-state index >= 15 is 0 Å². The van der Waals surface area contributed by atoms with Gasteiger partial charge >= 0.3 is 0 Å². The van der Waals surface area contributed by atoms with E-state index in [0.717, 1.165) is 17.9 Å². The molecule has 3 rings (SSSR count). The van der Waals surface area contributed by atoms with Gasteiger partial charge in [0.05, 0.1) is 19.9 Å². The van der Waals surface area contributed by atoms with Gasteiger partial charge in [0.25, 0.3) is 0 Å². The minimum atomic E-state index is 0.264. The molecule has 5 heteroatoms. The van der Waals surface area contributed by atoms with Gasteiger partial charge in [0, 0.05) is 12.0 Å². The van der Waals surface area contributed by atoms with E-state index in [-0.39, 0.29) is 5.95 Å². The fraction of sp³-hybridized carbons (Fsp3) is 0.333. The van der Waals surface area contributed by atoms with E-state index < -0.39 is 0 Å². The summed E-state index contributed by atoms with van der Waals surface area (Å²) >= 11 is 0. The van der Waals surface area contributed by atoms with Crippen molar-refractivity contribution in [2.24, 2.45) is 0 Å². The van der Waals surface area contributed by atoms with Crippen LogP contribution in [0.15, 0.2) is 30.3 Å². The molecule has 0 aliphatic heterocycles. The van der Waals surface area contributed by atoms with Gasteiger partial charge in [0.2, 0.25) is 11.8 Å². The van der Waals surface area contributed by atoms with Crippen LogP contribution in [0.3, 0.4) is 0 Å². The third-order valence-corrected chi connectivity index (χ3v) is 3.66. The molecule has 0 bridgehead atoms. The van der Waals surface area contributed by atoms with Gasteiger partial charge in [-0.3, -0.25) is 0 Å². The molecule has 20 heavy (non-hydrogen) atoms. The van der Waals surface area contributed by atoms with Crippen LogP contribution in [-0.4, -0.2) is 24.2 Å². The SMILES string of the molecule is COc1ccc(C2CC2c2cc(OC)nc(N)n2)cc1. The lowest BCUT2D eigenvalue weighted by Crippen LogP contribution is -2.01. The highest BCUT2D eigenvalue weighted by Gasteiger charge is 2.41. The molecule has 1 aromatic carbocycles. The lowest BCUT2D eigenvalue weighted by Gasteiger charge is -2.05. The van der Waals surface area contributed by atoms with Crippen molar-refractivity contribution in [3.8, 4) is 11.6 Å². The molecule has 0 amide bonds. The van der Waals surface area contributed by atoms with E-state index in [1.165, 1.54) is 5.56 Å². The second-order valence-electron chi connectivity index (χ2n) is 4.92. The van der Waals surface area contributed by atoms with Crippen LogP contribution in [-0.2, 0) is 0 Å². The highest BCUT2D eigenvalue weighted by molar-refractivity contribution is 5.39. The summed E-state index contributed by atoms with van der Waals surface area (Å²) in [5.41, 5.74) is 7.96. The van der Waals surface area contributed by atoms with E-state index in [1.807, 2.05) is 18.2 Å². The van der Waals surface area contributed by atoms with Crippen LogP contribution in [0.25, 0.3) is 0 Å². The number of benzene rings is 1. The number of anilines is 1. The number of nitrogens with two attached hydrogens (primary N) is 1. The molecule has 1 saturated carbocycles. The average molecular weight is 271 g/mol. The highest BCUT2D eigenvalue weighted by atomic mass is 16.5. The predicted molar refractivity (Wildman–Crippen MR) is 76.1 cm³/mol. The lowest BCUT2D eigenvalue weighted by atomic mass is 10.1. The Morgan fingerprint density at radius 2 is 1.80 bits per heavy atom. The van der Waals surface area contributed by atoms with Gasteiger partial charge in [-0.15, -0.1) is 0 Å². The molecule has 2 aromatic rings. The first-order valence-corrected chi connectivity index (χ1v) is 6.53. The number of methoxy groups -OCH3 is 2. The Kier molecular flexibility index (Phi) is 3.18. The van der Waals surface area contributed by atoms with Gasteiger partial charge in [0.1, 0.15) is 5.75 Å². The summed E-state index contributed by atoms with van der Waals surface area (Å²) in [5.74, 6) is 2.54. The Bertz CT molecular complexity index is 613. The van der Waals surface area contributed by atoms with Gasteiger partial charge in [0.15, 0.2) is 0 Å². The number of ether oxygens (including phenoxy) is 2. The fourth-order valence-electron chi connectivity index (χ4n) is 2.50. The molecule has 0 radical (unpaired) electrons. The molecule has 0 saturated heterocycles. The van der Waals surface area contributed by atoms with E-state index in [0.29, 0.717) is 17.7 Å². The molecular weight excluding hydrogens is 254 g/mol. The standard InChI is InChI=1S/C15H17N3O2/c1-19-10-5-3-9(4-6-10)11-7-12(11)13-8-14(20-2)18-15(16)17-13/h3-6,8,11-12H,7H2,1-2H3,(H2,16,17,18). The Morgan fingerprint density at radius 3 is 2.45 bits per heavy atom. The Labute approximate surface area is 117 Å². The lowest BCUT2D eigenvalue weighted by molar-refractivity contribution is 0.397. The zero-order valence-electron chi connectivity index (χ0n) is 11.5. The smallest absolute Gasteiger partial charge is 0.223 e. The van der Waals surface area contributed by atoms with Crippen LogP contribution in [0, 0.1) is 0 Å². The molecular formula is C15H17N3O2. The van der Waals surface area contributed by atoms with Crippen LogP contribution in [0.2, 0.25) is 0 Å². The van der Waals surface area contributed by atoms with Crippen molar-refractivity contribution in [3.63, 3.8) is 0 Å². The van der Waals surface area contributed by atoms with Crippen molar-refractivity contribution in [1.82, 2.24) is 9.97 Å². The molecule has 104 valence electrons. The number of hydrogen-bond donors (Lipinski definition) is 1. The van der Waals surface area contributed by atoms with Gasteiger partial charge < -0.3 is 15.2 Å². The van der Waals surface area contributed by atoms with E-state index in [2.05, 4.69) is 22.1 Å². The number of aromatic nitrogens is 2. The van der Waals surface area contributed by atoms with Gasteiger partial charge in [-0.2, -0.15) is 4.98 Å². The number of nitrogen functional groups attached to an aromatic ring is 1. The largest absolute Gasteiger partial charge is 0.497 e. The van der Waals surface area contributed by atoms with Crippen LogP contribution >= 0.6 is 0 Å². The molecule has 5 nitrogen and oxygen atoms in total. The maximum Gasteiger partial charge on any atom is 0.223 e. The first-order valence-electron chi connectivity index (χ1n) is 6.53. The maximum absolute atomic E-state index is 5.70. The molecule has 1 aliphatic carbocycles. The molecule has 2 N–H and O–H groups in total. The predicted octanol–water partition coefficient (Wildman–Crippen LogP) is 2.35. The monoisotopic (exact) mass is 271 g/mol. The first-order chi connectivity index (χ1) is 9.71. The van der Waals surface area contributed by atoms with E-state index in [1.54, 1.807) is 14.2 Å². The summed E-state index contributed by atoms with van der Waals surface area (Å²) in [6, 6.07) is 10.0. The third kappa shape index (κ3) is 2.39. The molecule has 1 heterocycles. The van der Waals surface area contributed by atoms with Crippen molar-refractivity contribution in [3.05, 3.63) is 41.6 Å². The van der Waals surface area contributed by atoms with Crippen LogP contribution in [0.5, 0.6) is 11.6 Å². The highest BCUT2D eigenvalue weighted by Crippen LogP contribution is 2.54. The Morgan fingerprint density at radius 1 is 1.05 bits per heavy atom. The molecule has 2 atom stereocenters. The third-order valence-electron chi connectivity index (χ3n) is 3.66. The Balaban J connectivity index is 1.79. The first kappa shape index (κ1) is 12.7. The van der Waals surface area contributed by atoms with E-state index in [9.17, 15) is 0 Å². The summed E-state index contributed by atoms with van der Waals surface area (Å²) in [6.07, 6.45) is 1.08. The summed E-state index contributed by atoms with van der Waals surface area (Å²) in [4.78, 5) is 8.33. The zero-order valence-corrected chi connectivity index (χ0v) is 11.5. The van der Waals surface area contributed by atoms with Crippen molar-refractivity contribution < 1.29 is 9.47 Å². The molecule has 2 unspecified atom stereocenters. The van der Waals surface area contributed by atoms with Gasteiger partial charge in [-0.25, -0.2) is 4.98 Å². The average Bonchev–Trinajstić information content (AvgIpc) is 3.27. The number of nitrogens with zero attached hydrogens (tertiary/aromatic N) is 2. The van der Waals surface area contributed by atoms with Crippen molar-refractivity contribution in [1.29, 1.82) is 0 Å². The fourth-order valence-corrected chi connectivity index (χ4v) is 2.50. The van der Waals surface area contributed by atoms with Crippen LogP contribution < -0.4 is 15.2 Å². The summed E-state index contributed by atoms with van der Waals surface area (Å²) in [7, 11) is 3.25. The molecule has 1 fully saturated rings. The number of hydrogen-bond acceptors (Lipinski definition) is 5. The van der Waals surface area contributed by atoms with Crippen molar-refractivity contribution in [2.75, 3.05) is 20.0 Å². The van der Waals surface area contributed by atoms with Gasteiger partial charge in [-0.05, 0) is 30.0 Å². The maximum atomic E-state index is 5.70. The minimum absolute atomic E-state index is 0.264. The topological polar surface area (TPSA) is 70.3 Å². The quantitative estimate of drug-likeness (QED) is 0.924. The van der Waals surface area contributed by atoms with Crippen molar-refractivity contribution >= 4 is 5.95 Å². The second kappa shape index (κ2) is 5.00. The minimum Gasteiger partial charge on any atom is -0.497 e. The van der Waals surface area contributed by atoms with Crippen LogP contribution in [0.1, 0.15) is 29.5 Å². The zero-order chi connectivity index (χ0) is 14.1.